The van der Waals surface area contributed by atoms with E-state index in [0.717, 1.165) is 29.2 Å². The fraction of sp³-hybridized carbons (Fsp3) is 0.357. The molecule has 2 heterocycles. The predicted molar refractivity (Wildman–Crippen MR) is 78.1 cm³/mol. The molecule has 3 rings (SSSR count). The number of nitrogens with two attached hydrogens (primary N) is 1. The molecule has 1 aliphatic heterocycles. The van der Waals surface area contributed by atoms with Crippen LogP contribution in [0.15, 0.2) is 18.2 Å². The van der Waals surface area contributed by atoms with Crippen LogP contribution >= 0.6 is 11.3 Å². The third-order valence-electron chi connectivity index (χ3n) is 3.34. The normalized spacial score (nSPS) is 14.7. The molecule has 4 heteroatoms. The van der Waals surface area contributed by atoms with Crippen LogP contribution in [0.3, 0.4) is 0 Å². The molecule has 0 atom stereocenters. The second-order valence-corrected chi connectivity index (χ2v) is 5.72. The summed E-state index contributed by atoms with van der Waals surface area (Å²) in [7, 11) is 0. The maximum absolute atomic E-state index is 6.09. The van der Waals surface area contributed by atoms with Crippen molar-refractivity contribution in [2.24, 2.45) is 0 Å². The van der Waals surface area contributed by atoms with E-state index in [0.29, 0.717) is 0 Å². The number of rotatable bonds is 1. The van der Waals surface area contributed by atoms with Crippen LogP contribution in [0.1, 0.15) is 24.1 Å². The van der Waals surface area contributed by atoms with Crippen LogP contribution in [0.25, 0.3) is 10.6 Å². The molecular weight excluding hydrogens is 242 g/mol. The van der Waals surface area contributed by atoms with E-state index >= 15 is 0 Å². The predicted octanol–water partition coefficient (Wildman–Crippen LogP) is 3.45. The Hall–Kier alpha value is -1.55. The van der Waals surface area contributed by atoms with Gasteiger partial charge in [0.2, 0.25) is 0 Å². The number of fused-ring (bicyclic) bond motifs is 1. The largest absolute Gasteiger partial charge is 0.398 e. The molecule has 0 fully saturated rings. The lowest BCUT2D eigenvalue weighted by Gasteiger charge is -2.05. The van der Waals surface area contributed by atoms with Gasteiger partial charge in [0.25, 0.3) is 0 Å². The molecule has 0 amide bonds. The van der Waals surface area contributed by atoms with Gasteiger partial charge in [-0.3, -0.25) is 0 Å². The SMILES string of the molecule is Cc1cccc(N)c1-c1nc2c(s1)NCCCC2. The molecule has 0 unspecified atom stereocenters. The average molecular weight is 259 g/mol. The number of hydrogen-bond acceptors (Lipinski definition) is 4. The van der Waals surface area contributed by atoms with Gasteiger partial charge in [0.05, 0.1) is 5.69 Å². The van der Waals surface area contributed by atoms with Crippen LogP contribution in [0.2, 0.25) is 0 Å². The van der Waals surface area contributed by atoms with Crippen molar-refractivity contribution in [3.05, 3.63) is 29.5 Å². The van der Waals surface area contributed by atoms with Gasteiger partial charge in [-0.2, -0.15) is 0 Å². The van der Waals surface area contributed by atoms with Gasteiger partial charge in [0.1, 0.15) is 10.0 Å². The number of aromatic nitrogens is 1. The molecule has 1 aromatic carbocycles. The zero-order valence-electron chi connectivity index (χ0n) is 10.5. The summed E-state index contributed by atoms with van der Waals surface area (Å²) >= 11 is 1.73. The Morgan fingerprint density at radius 3 is 3.06 bits per heavy atom. The Balaban J connectivity index is 2.08. The topological polar surface area (TPSA) is 50.9 Å². The number of aryl methyl sites for hydroxylation is 2. The molecular formula is C14H17N3S. The summed E-state index contributed by atoms with van der Waals surface area (Å²) in [5.74, 6) is 0. The van der Waals surface area contributed by atoms with Gasteiger partial charge in [-0.15, -0.1) is 0 Å². The van der Waals surface area contributed by atoms with Gasteiger partial charge in [-0.25, -0.2) is 4.98 Å². The summed E-state index contributed by atoms with van der Waals surface area (Å²) in [5, 5.41) is 5.74. The number of nitrogens with zero attached hydrogens (tertiary/aromatic N) is 1. The van der Waals surface area contributed by atoms with Gasteiger partial charge < -0.3 is 11.1 Å². The van der Waals surface area contributed by atoms with Crippen LogP contribution < -0.4 is 11.1 Å². The molecule has 0 spiro atoms. The first-order chi connectivity index (χ1) is 8.75. The molecule has 0 saturated carbocycles. The van der Waals surface area contributed by atoms with Gasteiger partial charge in [0, 0.05) is 17.8 Å². The summed E-state index contributed by atoms with van der Waals surface area (Å²) in [6.07, 6.45) is 3.52. The minimum absolute atomic E-state index is 0.818. The lowest BCUT2D eigenvalue weighted by atomic mass is 10.1. The monoisotopic (exact) mass is 259 g/mol. The van der Waals surface area contributed by atoms with E-state index in [1.54, 1.807) is 11.3 Å². The highest BCUT2D eigenvalue weighted by Crippen LogP contribution is 2.38. The van der Waals surface area contributed by atoms with Crippen LogP contribution in [0.5, 0.6) is 0 Å². The number of nitrogen functional groups attached to an aromatic ring is 1. The fourth-order valence-electron chi connectivity index (χ4n) is 2.37. The van der Waals surface area contributed by atoms with Crippen LogP contribution in [0, 0.1) is 6.92 Å². The number of benzene rings is 1. The maximum atomic E-state index is 6.09. The summed E-state index contributed by atoms with van der Waals surface area (Å²) in [6.45, 7) is 3.14. The van der Waals surface area contributed by atoms with Crippen LogP contribution in [-0.4, -0.2) is 11.5 Å². The molecule has 0 radical (unpaired) electrons. The highest BCUT2D eigenvalue weighted by atomic mass is 32.1. The number of hydrogen-bond donors (Lipinski definition) is 2. The lowest BCUT2D eigenvalue weighted by molar-refractivity contribution is 0.775. The maximum Gasteiger partial charge on any atom is 0.127 e. The van der Waals surface area contributed by atoms with Crippen molar-refractivity contribution in [3.8, 4) is 10.6 Å². The molecule has 2 aromatic rings. The zero-order chi connectivity index (χ0) is 12.5. The molecule has 1 aromatic heterocycles. The van der Waals surface area contributed by atoms with Crippen molar-refractivity contribution < 1.29 is 0 Å². The Morgan fingerprint density at radius 2 is 2.22 bits per heavy atom. The second-order valence-electron chi connectivity index (χ2n) is 4.72. The van der Waals surface area contributed by atoms with E-state index in [1.165, 1.54) is 29.1 Å². The van der Waals surface area contributed by atoms with Gasteiger partial charge >= 0.3 is 0 Å². The molecule has 1 aliphatic rings. The minimum Gasteiger partial charge on any atom is -0.398 e. The van der Waals surface area contributed by atoms with Gasteiger partial charge in [0.15, 0.2) is 0 Å². The van der Waals surface area contributed by atoms with Crippen molar-refractivity contribution in [2.75, 3.05) is 17.6 Å². The Kier molecular flexibility index (Phi) is 2.96. The quantitative estimate of drug-likeness (QED) is 0.771. The number of nitrogens with one attached hydrogen (secondary N) is 1. The molecule has 0 bridgehead atoms. The number of thiazole rings is 1. The molecule has 94 valence electrons. The van der Waals surface area contributed by atoms with E-state index in [9.17, 15) is 0 Å². The van der Waals surface area contributed by atoms with Crippen molar-refractivity contribution >= 4 is 22.0 Å². The summed E-state index contributed by atoms with van der Waals surface area (Å²) in [6, 6.07) is 6.03. The van der Waals surface area contributed by atoms with Crippen molar-refractivity contribution in [1.82, 2.24) is 4.98 Å². The Bertz CT molecular complexity index is 531. The molecule has 3 N–H and O–H groups in total. The Morgan fingerprint density at radius 1 is 1.33 bits per heavy atom. The van der Waals surface area contributed by atoms with E-state index in [-0.39, 0.29) is 0 Å². The van der Waals surface area contributed by atoms with E-state index in [4.69, 9.17) is 10.7 Å². The van der Waals surface area contributed by atoms with E-state index in [2.05, 4.69) is 18.3 Å². The molecule has 0 aliphatic carbocycles. The zero-order valence-corrected chi connectivity index (χ0v) is 11.3. The van der Waals surface area contributed by atoms with E-state index in [1.807, 2.05) is 12.1 Å². The number of anilines is 2. The smallest absolute Gasteiger partial charge is 0.127 e. The standard InChI is InChI=1S/C14H17N3S/c1-9-5-4-6-10(15)12(9)14-17-11-7-2-3-8-16-13(11)18-14/h4-6,16H,2-3,7-8,15H2,1H3. The first-order valence-corrected chi connectivity index (χ1v) is 7.16. The first-order valence-electron chi connectivity index (χ1n) is 6.35. The van der Waals surface area contributed by atoms with Crippen LogP contribution in [-0.2, 0) is 6.42 Å². The minimum atomic E-state index is 0.818. The average Bonchev–Trinajstić information content (AvgIpc) is 2.60. The third kappa shape index (κ3) is 1.97. The highest BCUT2D eigenvalue weighted by molar-refractivity contribution is 7.19. The molecule has 3 nitrogen and oxygen atoms in total. The Labute approximate surface area is 111 Å². The third-order valence-corrected chi connectivity index (χ3v) is 4.41. The van der Waals surface area contributed by atoms with E-state index < -0.39 is 0 Å². The van der Waals surface area contributed by atoms with Gasteiger partial charge in [-0.05, 0) is 37.8 Å². The van der Waals surface area contributed by atoms with Gasteiger partial charge in [-0.1, -0.05) is 23.5 Å². The van der Waals surface area contributed by atoms with Crippen molar-refractivity contribution in [1.29, 1.82) is 0 Å². The fourth-order valence-corrected chi connectivity index (χ4v) is 3.54. The molecule has 18 heavy (non-hydrogen) atoms. The first kappa shape index (κ1) is 11.5. The molecule has 0 saturated heterocycles. The van der Waals surface area contributed by atoms with Crippen LogP contribution in [0.4, 0.5) is 10.7 Å². The van der Waals surface area contributed by atoms with Crippen molar-refractivity contribution in [3.63, 3.8) is 0 Å². The lowest BCUT2D eigenvalue weighted by Crippen LogP contribution is -1.96. The summed E-state index contributed by atoms with van der Waals surface area (Å²) < 4.78 is 0. The highest BCUT2D eigenvalue weighted by Gasteiger charge is 2.17. The summed E-state index contributed by atoms with van der Waals surface area (Å²) in [5.41, 5.74) is 10.4. The summed E-state index contributed by atoms with van der Waals surface area (Å²) in [4.78, 5) is 4.78. The second kappa shape index (κ2) is 4.61. The van der Waals surface area contributed by atoms with Crippen molar-refractivity contribution in [2.45, 2.75) is 26.2 Å².